The van der Waals surface area contributed by atoms with Crippen molar-refractivity contribution in [2.75, 3.05) is 13.2 Å². The Morgan fingerprint density at radius 1 is 0.296 bits per heavy atom. The molecule has 0 rings (SSSR count). The van der Waals surface area contributed by atoms with E-state index in [0.717, 1.165) is 109 Å². The molecule has 1 atom stereocenters. The summed E-state index contributed by atoms with van der Waals surface area (Å²) < 4.78 is 16.8. The third kappa shape index (κ3) is 57.4. The molecule has 0 aliphatic rings. The number of hydrogen-bond donors (Lipinski definition) is 0. The van der Waals surface area contributed by atoms with Crippen molar-refractivity contribution in [3.63, 3.8) is 0 Å². The van der Waals surface area contributed by atoms with Crippen molar-refractivity contribution < 1.29 is 28.6 Å². The second-order valence-corrected chi connectivity index (χ2v) is 19.9. The van der Waals surface area contributed by atoms with Crippen molar-refractivity contribution >= 4 is 17.9 Å². The van der Waals surface area contributed by atoms with E-state index in [1.54, 1.807) is 0 Å². The lowest BCUT2D eigenvalue weighted by Gasteiger charge is -2.18. The molecular weight excluding hydrogens is 877 g/mol. The first-order chi connectivity index (χ1) is 35.0. The van der Waals surface area contributed by atoms with Crippen molar-refractivity contribution in [1.82, 2.24) is 0 Å². The largest absolute Gasteiger partial charge is 0.462 e. The van der Waals surface area contributed by atoms with Crippen LogP contribution in [0.2, 0.25) is 0 Å². The van der Waals surface area contributed by atoms with Gasteiger partial charge in [-0.15, -0.1) is 0 Å². The molecule has 71 heavy (non-hydrogen) atoms. The number of hydrogen-bond acceptors (Lipinski definition) is 6. The van der Waals surface area contributed by atoms with Crippen LogP contribution in [-0.2, 0) is 28.6 Å². The molecule has 0 radical (unpaired) electrons. The summed E-state index contributed by atoms with van der Waals surface area (Å²) in [6.45, 7) is 6.52. The zero-order valence-corrected chi connectivity index (χ0v) is 46.7. The van der Waals surface area contributed by atoms with Gasteiger partial charge in [-0.3, -0.25) is 14.4 Å². The van der Waals surface area contributed by atoms with Gasteiger partial charge < -0.3 is 14.2 Å². The maximum absolute atomic E-state index is 12.8. The van der Waals surface area contributed by atoms with Gasteiger partial charge in [0.05, 0.1) is 0 Å². The van der Waals surface area contributed by atoms with E-state index in [4.69, 9.17) is 14.2 Å². The molecule has 0 saturated carbocycles. The summed E-state index contributed by atoms with van der Waals surface area (Å²) in [6, 6.07) is 0. The molecule has 0 aromatic heterocycles. The van der Waals surface area contributed by atoms with Gasteiger partial charge in [-0.1, -0.05) is 279 Å². The van der Waals surface area contributed by atoms with E-state index in [1.807, 2.05) is 0 Å². The van der Waals surface area contributed by atoms with Crippen LogP contribution in [0.5, 0.6) is 0 Å². The Hall–Kier alpha value is -3.41. The molecule has 0 heterocycles. The summed E-state index contributed by atoms with van der Waals surface area (Å²) in [6.07, 6.45) is 77.3. The SMILES string of the molecule is CC/C=C\C/C=C\C/C=C\C/C=C\C/C=C\C/C=C\C/C=C\CCCCCCCCCCCC(=O)OCC(COC(=O)CCCCCCCCCCC)OC(=O)CCCCCCCCCCCCCCC. The number of ether oxygens (including phenoxy) is 3. The summed E-state index contributed by atoms with van der Waals surface area (Å²) in [5.74, 6) is -0.874. The molecule has 0 amide bonds. The quantitative estimate of drug-likeness (QED) is 0.0261. The number of allylic oxidation sites excluding steroid dienone is 14. The molecule has 0 fully saturated rings. The van der Waals surface area contributed by atoms with E-state index in [-0.39, 0.29) is 31.1 Å². The third-order valence-electron chi connectivity index (χ3n) is 12.9. The van der Waals surface area contributed by atoms with Crippen LogP contribution < -0.4 is 0 Å². The van der Waals surface area contributed by atoms with E-state index in [1.165, 1.54) is 141 Å². The predicted molar refractivity (Wildman–Crippen MR) is 307 cm³/mol. The smallest absolute Gasteiger partial charge is 0.306 e. The molecule has 0 saturated heterocycles. The van der Waals surface area contributed by atoms with Crippen molar-refractivity contribution in [3.05, 3.63) is 85.1 Å². The minimum Gasteiger partial charge on any atom is -0.462 e. The molecule has 0 aliphatic heterocycles. The zero-order valence-electron chi connectivity index (χ0n) is 46.7. The lowest BCUT2D eigenvalue weighted by molar-refractivity contribution is -0.167. The van der Waals surface area contributed by atoms with Crippen LogP contribution in [0.1, 0.15) is 290 Å². The van der Waals surface area contributed by atoms with E-state index in [0.29, 0.717) is 19.3 Å². The molecule has 6 heteroatoms. The number of carbonyl (C=O) groups is 3. The summed E-state index contributed by atoms with van der Waals surface area (Å²) in [4.78, 5) is 38.0. The van der Waals surface area contributed by atoms with Gasteiger partial charge in [0.25, 0.3) is 0 Å². The van der Waals surface area contributed by atoms with E-state index >= 15 is 0 Å². The normalized spacial score (nSPS) is 12.7. The molecule has 0 aromatic carbocycles. The lowest BCUT2D eigenvalue weighted by atomic mass is 10.0. The molecule has 0 N–H and O–H groups in total. The predicted octanol–water partition coefficient (Wildman–Crippen LogP) is 20.3. The fourth-order valence-corrected chi connectivity index (χ4v) is 8.42. The van der Waals surface area contributed by atoms with Crippen molar-refractivity contribution in [2.24, 2.45) is 0 Å². The van der Waals surface area contributed by atoms with E-state index in [9.17, 15) is 14.4 Å². The van der Waals surface area contributed by atoms with E-state index in [2.05, 4.69) is 106 Å². The van der Waals surface area contributed by atoms with Gasteiger partial charge in [0.2, 0.25) is 0 Å². The average Bonchev–Trinajstić information content (AvgIpc) is 3.37. The van der Waals surface area contributed by atoms with Gasteiger partial charge in [0.1, 0.15) is 13.2 Å². The first kappa shape index (κ1) is 67.6. The van der Waals surface area contributed by atoms with Gasteiger partial charge in [0.15, 0.2) is 6.10 Å². The number of unbranched alkanes of at least 4 members (excludes halogenated alkanes) is 29. The third-order valence-corrected chi connectivity index (χ3v) is 12.9. The van der Waals surface area contributed by atoms with Crippen LogP contribution >= 0.6 is 0 Å². The molecule has 0 aromatic rings. The second-order valence-electron chi connectivity index (χ2n) is 19.9. The Morgan fingerprint density at radius 2 is 0.549 bits per heavy atom. The Kier molecular flexibility index (Phi) is 56.3. The van der Waals surface area contributed by atoms with Crippen LogP contribution in [0.25, 0.3) is 0 Å². The Labute approximate surface area is 439 Å². The van der Waals surface area contributed by atoms with Crippen LogP contribution in [-0.4, -0.2) is 37.2 Å². The maximum atomic E-state index is 12.8. The standard InChI is InChI=1S/C65H112O6/c1-4-7-10-13-16-19-21-23-24-25-26-27-28-29-30-31-32-33-34-35-36-37-38-39-40-42-43-46-49-52-55-58-64(67)70-61-62(60-69-63(66)57-54-51-48-45-18-15-12-9-6-3)71-65(68)59-56-53-50-47-44-41-22-20-17-14-11-8-5-2/h7,10,16,19,23-24,26-27,29-30,32-33,35-36,62H,4-6,8-9,11-15,17-18,20-22,25,28,31,34,37-61H2,1-3H3/b10-7-,19-16-,24-23-,27-26-,30-29-,33-32-,36-35-. The van der Waals surface area contributed by atoms with E-state index < -0.39 is 6.10 Å². The molecule has 6 nitrogen and oxygen atoms in total. The Bertz CT molecular complexity index is 1370. The van der Waals surface area contributed by atoms with Crippen molar-refractivity contribution in [2.45, 2.75) is 297 Å². The minimum absolute atomic E-state index is 0.0738. The van der Waals surface area contributed by atoms with Crippen molar-refractivity contribution in [3.8, 4) is 0 Å². The summed E-state index contributed by atoms with van der Waals surface area (Å²) in [5, 5.41) is 0. The number of esters is 3. The Balaban J connectivity index is 4.15. The maximum Gasteiger partial charge on any atom is 0.306 e. The molecular formula is C65H112O6. The highest BCUT2D eigenvalue weighted by Crippen LogP contribution is 2.16. The van der Waals surface area contributed by atoms with Crippen molar-refractivity contribution in [1.29, 1.82) is 0 Å². The van der Waals surface area contributed by atoms with Crippen LogP contribution in [0, 0.1) is 0 Å². The van der Waals surface area contributed by atoms with Crippen LogP contribution in [0.4, 0.5) is 0 Å². The fourth-order valence-electron chi connectivity index (χ4n) is 8.42. The zero-order chi connectivity index (χ0) is 51.4. The lowest BCUT2D eigenvalue weighted by Crippen LogP contribution is -2.30. The van der Waals surface area contributed by atoms with Gasteiger partial charge >= 0.3 is 17.9 Å². The highest BCUT2D eigenvalue weighted by Gasteiger charge is 2.19. The first-order valence-electron chi connectivity index (χ1n) is 30.1. The van der Waals surface area contributed by atoms with Gasteiger partial charge in [-0.2, -0.15) is 0 Å². The Morgan fingerprint density at radius 3 is 0.859 bits per heavy atom. The number of rotatable bonds is 54. The highest BCUT2D eigenvalue weighted by molar-refractivity contribution is 5.71. The summed E-state index contributed by atoms with van der Waals surface area (Å²) in [7, 11) is 0. The molecule has 0 aliphatic carbocycles. The van der Waals surface area contributed by atoms with Gasteiger partial charge in [0, 0.05) is 19.3 Å². The van der Waals surface area contributed by atoms with Gasteiger partial charge in [-0.25, -0.2) is 0 Å². The fraction of sp³-hybridized carbons (Fsp3) is 0.738. The first-order valence-corrected chi connectivity index (χ1v) is 30.1. The highest BCUT2D eigenvalue weighted by atomic mass is 16.6. The second kappa shape index (κ2) is 59.2. The van der Waals surface area contributed by atoms with Crippen LogP contribution in [0.3, 0.4) is 0 Å². The molecule has 408 valence electrons. The topological polar surface area (TPSA) is 78.9 Å². The summed E-state index contributed by atoms with van der Waals surface area (Å²) in [5.41, 5.74) is 0. The molecule has 0 spiro atoms. The average molecular weight is 990 g/mol. The minimum atomic E-state index is -0.773. The van der Waals surface area contributed by atoms with Crippen LogP contribution in [0.15, 0.2) is 85.1 Å². The molecule has 1 unspecified atom stereocenters. The summed E-state index contributed by atoms with van der Waals surface area (Å²) >= 11 is 0. The monoisotopic (exact) mass is 989 g/mol. The number of carbonyl (C=O) groups excluding carboxylic acids is 3. The van der Waals surface area contributed by atoms with Gasteiger partial charge in [-0.05, 0) is 77.0 Å². The molecule has 0 bridgehead atoms.